The summed E-state index contributed by atoms with van der Waals surface area (Å²) in [7, 11) is 0. The Morgan fingerprint density at radius 3 is 2.12 bits per heavy atom. The Balaban J connectivity index is 1.55. The first-order valence-corrected chi connectivity index (χ1v) is 14.5. The highest BCUT2D eigenvalue weighted by molar-refractivity contribution is 6.31. The van der Waals surface area contributed by atoms with E-state index in [2.05, 4.69) is 9.13 Å². The van der Waals surface area contributed by atoms with Crippen LogP contribution in [0.5, 0.6) is 0 Å². The average molecular weight is 584 g/mol. The van der Waals surface area contributed by atoms with Crippen molar-refractivity contribution in [3.8, 4) is 17.1 Å². The molecule has 0 amide bonds. The molecular weight excluding hydrogens is 556 g/mol. The normalized spacial score (nSPS) is 11.7. The maximum atomic E-state index is 13.9. The third kappa shape index (κ3) is 4.54. The summed E-state index contributed by atoms with van der Waals surface area (Å²) in [6, 6.07) is 35.4. The first kappa shape index (κ1) is 26.6. The Kier molecular flexibility index (Phi) is 6.72. The van der Waals surface area contributed by atoms with Crippen molar-refractivity contribution in [1.82, 2.24) is 23.9 Å². The fourth-order valence-electron chi connectivity index (χ4n) is 5.66. The zero-order chi connectivity index (χ0) is 29.5. The zero-order valence-electron chi connectivity index (χ0n) is 23.7. The van der Waals surface area contributed by atoms with Gasteiger partial charge < -0.3 is 0 Å². The van der Waals surface area contributed by atoms with Gasteiger partial charge in [-0.3, -0.25) is 9.48 Å². The fourth-order valence-corrected chi connectivity index (χ4v) is 5.83. The van der Waals surface area contributed by atoms with Gasteiger partial charge in [0, 0.05) is 23.3 Å². The molecule has 7 aromatic rings. The van der Waals surface area contributed by atoms with Gasteiger partial charge in [0.05, 0.1) is 11.3 Å². The molecule has 3 aromatic heterocycles. The van der Waals surface area contributed by atoms with E-state index < -0.39 is 0 Å². The van der Waals surface area contributed by atoms with Crippen LogP contribution in [0.15, 0.2) is 114 Å². The minimum Gasteiger partial charge on any atom is -0.282 e. The first-order chi connectivity index (χ1) is 21.0. The molecule has 0 spiro atoms. The SMILES string of the molecule is CCn1c(C)c(C=Cc2n(-c3ccccc3)c3nc4cc(Cl)ccc4nc3[n+]2-c2ccccc2)c(=O)n1-c1ccccc1. The quantitative estimate of drug-likeness (QED) is 0.199. The second-order valence-electron chi connectivity index (χ2n) is 10.2. The molecule has 210 valence electrons. The molecule has 0 bridgehead atoms. The number of nitrogens with zero attached hydrogens (tertiary/aromatic N) is 6. The Labute approximate surface area is 253 Å². The number of imidazole rings is 1. The summed E-state index contributed by atoms with van der Waals surface area (Å²) in [5, 5.41) is 0.598. The minimum absolute atomic E-state index is 0.0768. The molecule has 0 aliphatic carbocycles. The fraction of sp³-hybridized carbons (Fsp3) is 0.0857. The lowest BCUT2D eigenvalue weighted by atomic mass is 10.2. The Morgan fingerprint density at radius 2 is 1.44 bits per heavy atom. The van der Waals surface area contributed by atoms with Gasteiger partial charge in [0.1, 0.15) is 16.9 Å². The van der Waals surface area contributed by atoms with Gasteiger partial charge in [-0.1, -0.05) is 71.2 Å². The Morgan fingerprint density at radius 1 is 0.791 bits per heavy atom. The zero-order valence-corrected chi connectivity index (χ0v) is 24.5. The van der Waals surface area contributed by atoms with E-state index in [-0.39, 0.29) is 5.56 Å². The van der Waals surface area contributed by atoms with E-state index in [4.69, 9.17) is 21.6 Å². The van der Waals surface area contributed by atoms with Crippen LogP contribution in [0.4, 0.5) is 0 Å². The number of benzene rings is 4. The van der Waals surface area contributed by atoms with E-state index >= 15 is 0 Å². The largest absolute Gasteiger partial charge is 0.328 e. The number of rotatable bonds is 6. The van der Waals surface area contributed by atoms with Crippen molar-refractivity contribution in [2.75, 3.05) is 0 Å². The van der Waals surface area contributed by atoms with Gasteiger partial charge in [-0.05, 0) is 74.5 Å². The lowest BCUT2D eigenvalue weighted by molar-refractivity contribution is -0.572. The molecule has 7 nitrogen and oxygen atoms in total. The molecule has 3 heterocycles. The summed E-state index contributed by atoms with van der Waals surface area (Å²) in [4.78, 5) is 24.1. The summed E-state index contributed by atoms with van der Waals surface area (Å²) >= 11 is 6.35. The van der Waals surface area contributed by atoms with Gasteiger partial charge >= 0.3 is 5.65 Å². The van der Waals surface area contributed by atoms with Gasteiger partial charge in [-0.15, -0.1) is 0 Å². The van der Waals surface area contributed by atoms with E-state index in [1.165, 1.54) is 0 Å². The summed E-state index contributed by atoms with van der Waals surface area (Å²) in [5.41, 5.74) is 6.90. The molecule has 0 radical (unpaired) electrons. The highest BCUT2D eigenvalue weighted by atomic mass is 35.5. The van der Waals surface area contributed by atoms with Crippen LogP contribution in [0, 0.1) is 6.92 Å². The van der Waals surface area contributed by atoms with Crippen LogP contribution in [0.2, 0.25) is 5.02 Å². The van der Waals surface area contributed by atoms with Crippen molar-refractivity contribution in [3.05, 3.63) is 142 Å². The van der Waals surface area contributed by atoms with Gasteiger partial charge in [0.2, 0.25) is 5.82 Å². The molecular formula is C35H28ClN6O+. The van der Waals surface area contributed by atoms with Crippen molar-refractivity contribution in [3.63, 3.8) is 0 Å². The van der Waals surface area contributed by atoms with Crippen molar-refractivity contribution in [2.24, 2.45) is 0 Å². The molecule has 0 fully saturated rings. The average Bonchev–Trinajstić information content (AvgIpc) is 3.48. The first-order valence-electron chi connectivity index (χ1n) is 14.2. The van der Waals surface area contributed by atoms with Crippen molar-refractivity contribution in [2.45, 2.75) is 20.4 Å². The number of halogens is 1. The van der Waals surface area contributed by atoms with E-state index in [1.807, 2.05) is 140 Å². The van der Waals surface area contributed by atoms with Gasteiger partial charge in [-0.2, -0.15) is 4.57 Å². The predicted molar refractivity (Wildman–Crippen MR) is 172 cm³/mol. The minimum atomic E-state index is -0.0768. The topological polar surface area (TPSA) is 61.5 Å². The summed E-state index contributed by atoms with van der Waals surface area (Å²) in [5.74, 6) is 0.795. The van der Waals surface area contributed by atoms with Gasteiger partial charge in [-0.25, -0.2) is 14.2 Å². The molecule has 0 saturated heterocycles. The predicted octanol–water partition coefficient (Wildman–Crippen LogP) is 6.95. The van der Waals surface area contributed by atoms with Crippen molar-refractivity contribution < 1.29 is 4.57 Å². The molecule has 4 aromatic carbocycles. The Hall–Kier alpha value is -5.27. The third-order valence-corrected chi connectivity index (χ3v) is 7.88. The van der Waals surface area contributed by atoms with Gasteiger partial charge in [0.25, 0.3) is 11.2 Å². The Bertz CT molecular complexity index is 2200. The molecule has 0 aliphatic rings. The second kappa shape index (κ2) is 10.9. The molecule has 8 heteroatoms. The van der Waals surface area contributed by atoms with Crippen LogP contribution < -0.4 is 10.1 Å². The molecule has 0 unspecified atom stereocenters. The maximum Gasteiger partial charge on any atom is 0.328 e. The standard InChI is InChI=1S/C35H28ClN6O/c1-3-39-24(2)29(35(43)42(39)28-17-11-6-12-18-28)20-22-32-40(26-13-7-4-8-14-26)33-34(41(32)27-15-9-5-10-16-27)38-31-23-25(36)19-21-30(31)37-33/h4-23H,3H2,1-2H3/q+1. The summed E-state index contributed by atoms with van der Waals surface area (Å²) < 4.78 is 7.91. The number of para-hydroxylation sites is 3. The van der Waals surface area contributed by atoms with Crippen LogP contribution in [0.3, 0.4) is 0 Å². The monoisotopic (exact) mass is 583 g/mol. The summed E-state index contributed by atoms with van der Waals surface area (Å²) in [6.45, 7) is 4.69. The highest BCUT2D eigenvalue weighted by Crippen LogP contribution is 2.25. The molecule has 7 rings (SSSR count). The van der Waals surface area contributed by atoms with Crippen molar-refractivity contribution in [1.29, 1.82) is 0 Å². The highest BCUT2D eigenvalue weighted by Gasteiger charge is 2.28. The molecule has 43 heavy (non-hydrogen) atoms. The molecule has 0 saturated carbocycles. The summed E-state index contributed by atoms with van der Waals surface area (Å²) in [6.07, 6.45) is 3.90. The van der Waals surface area contributed by atoms with Gasteiger partial charge in [0.15, 0.2) is 5.52 Å². The van der Waals surface area contributed by atoms with E-state index in [1.54, 1.807) is 4.68 Å². The number of aromatic nitrogens is 6. The van der Waals surface area contributed by atoms with E-state index in [9.17, 15) is 4.79 Å². The van der Waals surface area contributed by atoms with Crippen molar-refractivity contribution >= 4 is 46.1 Å². The molecule has 0 aliphatic heterocycles. The van der Waals surface area contributed by atoms with Crippen LogP contribution in [-0.2, 0) is 6.54 Å². The van der Waals surface area contributed by atoms with Crippen LogP contribution in [0.25, 0.3) is 51.5 Å². The van der Waals surface area contributed by atoms with E-state index in [0.29, 0.717) is 33.9 Å². The number of hydrogen-bond donors (Lipinski definition) is 0. The lowest BCUT2D eigenvalue weighted by Gasteiger charge is -2.10. The third-order valence-electron chi connectivity index (χ3n) is 7.64. The molecule has 0 N–H and O–H groups in total. The number of hydrogen-bond acceptors (Lipinski definition) is 3. The van der Waals surface area contributed by atoms with Crippen LogP contribution in [0.1, 0.15) is 24.0 Å². The van der Waals surface area contributed by atoms with Crippen LogP contribution in [-0.4, -0.2) is 23.9 Å². The van der Waals surface area contributed by atoms with Crippen LogP contribution >= 0.6 is 11.6 Å². The lowest BCUT2D eigenvalue weighted by Crippen LogP contribution is -2.34. The maximum absolute atomic E-state index is 13.9. The molecule has 0 atom stereocenters. The number of fused-ring (bicyclic) bond motifs is 2. The smallest absolute Gasteiger partial charge is 0.282 e. The second-order valence-corrected chi connectivity index (χ2v) is 10.6. The van der Waals surface area contributed by atoms with E-state index in [0.717, 1.165) is 34.1 Å².